The lowest BCUT2D eigenvalue weighted by atomic mass is 10.0. The van der Waals surface area contributed by atoms with Crippen molar-refractivity contribution in [3.8, 4) is 11.5 Å². The predicted octanol–water partition coefficient (Wildman–Crippen LogP) is 3.13. The Morgan fingerprint density at radius 1 is 0.893 bits per heavy atom. The van der Waals surface area contributed by atoms with Crippen LogP contribution in [-0.4, -0.2) is 38.1 Å². The zero-order valence-corrected chi connectivity index (χ0v) is 16.7. The smallest absolute Gasteiger partial charge is 0.258 e. The van der Waals surface area contributed by atoms with Gasteiger partial charge in [-0.05, 0) is 42.7 Å². The fraction of sp³-hybridized carbons (Fsp3) is 0.364. The standard InChI is InChI=1S/C22H28N2O4/c1-4-27-19-7-5-6-8-20(19)28-15-21(25)23-13-14-24-22(26)18-11-9-17(10-12-18)16(2)3/h5-12,16H,4,13-15H2,1-3H3,(H,23,25)(H,24,26). The van der Waals surface area contributed by atoms with E-state index in [1.54, 1.807) is 12.1 Å². The molecule has 0 bridgehead atoms. The number of rotatable bonds is 10. The van der Waals surface area contributed by atoms with E-state index in [0.717, 1.165) is 0 Å². The Morgan fingerprint density at radius 2 is 1.50 bits per heavy atom. The minimum Gasteiger partial charge on any atom is -0.490 e. The molecule has 2 aromatic rings. The van der Waals surface area contributed by atoms with Crippen molar-refractivity contribution in [2.75, 3.05) is 26.3 Å². The molecule has 0 heterocycles. The normalized spacial score (nSPS) is 10.4. The first-order valence-corrected chi connectivity index (χ1v) is 9.50. The monoisotopic (exact) mass is 384 g/mol. The van der Waals surface area contributed by atoms with Gasteiger partial charge in [-0.2, -0.15) is 0 Å². The molecular weight excluding hydrogens is 356 g/mol. The molecule has 0 aliphatic carbocycles. The number of carbonyl (C=O) groups excluding carboxylic acids is 2. The van der Waals surface area contributed by atoms with Crippen LogP contribution in [-0.2, 0) is 4.79 Å². The van der Waals surface area contributed by atoms with Crippen molar-refractivity contribution < 1.29 is 19.1 Å². The van der Waals surface area contributed by atoms with Crippen molar-refractivity contribution in [2.45, 2.75) is 26.7 Å². The maximum absolute atomic E-state index is 12.1. The molecule has 0 atom stereocenters. The van der Waals surface area contributed by atoms with E-state index in [9.17, 15) is 9.59 Å². The summed E-state index contributed by atoms with van der Waals surface area (Å²) in [6.45, 7) is 7.17. The molecule has 0 radical (unpaired) electrons. The van der Waals surface area contributed by atoms with Gasteiger partial charge in [0.05, 0.1) is 6.61 Å². The molecule has 0 unspecified atom stereocenters. The Hall–Kier alpha value is -3.02. The Bertz CT molecular complexity index is 772. The van der Waals surface area contributed by atoms with Gasteiger partial charge in [-0.3, -0.25) is 9.59 Å². The molecule has 6 heteroatoms. The number of ether oxygens (including phenoxy) is 2. The first kappa shape index (κ1) is 21.3. The van der Waals surface area contributed by atoms with Crippen molar-refractivity contribution >= 4 is 11.8 Å². The number of carbonyl (C=O) groups is 2. The van der Waals surface area contributed by atoms with Crippen LogP contribution in [0.15, 0.2) is 48.5 Å². The fourth-order valence-corrected chi connectivity index (χ4v) is 2.54. The SMILES string of the molecule is CCOc1ccccc1OCC(=O)NCCNC(=O)c1ccc(C(C)C)cc1. The third-order valence-corrected chi connectivity index (χ3v) is 4.08. The summed E-state index contributed by atoms with van der Waals surface area (Å²) in [5.74, 6) is 1.13. The van der Waals surface area contributed by atoms with Crippen LogP contribution in [0.4, 0.5) is 0 Å². The quantitative estimate of drug-likeness (QED) is 0.617. The van der Waals surface area contributed by atoms with E-state index in [1.807, 2.05) is 43.3 Å². The molecule has 0 aliphatic rings. The Labute approximate surface area is 166 Å². The van der Waals surface area contributed by atoms with Crippen LogP contribution >= 0.6 is 0 Å². The van der Waals surface area contributed by atoms with Crippen molar-refractivity contribution in [3.63, 3.8) is 0 Å². The molecule has 6 nitrogen and oxygen atoms in total. The van der Waals surface area contributed by atoms with Crippen LogP contribution in [0.3, 0.4) is 0 Å². The summed E-state index contributed by atoms with van der Waals surface area (Å²) in [6.07, 6.45) is 0. The molecule has 0 saturated carbocycles. The van der Waals surface area contributed by atoms with Crippen LogP contribution in [0.1, 0.15) is 42.6 Å². The fourth-order valence-electron chi connectivity index (χ4n) is 2.54. The lowest BCUT2D eigenvalue weighted by Gasteiger charge is -2.12. The molecule has 0 aromatic heterocycles. The second-order valence-corrected chi connectivity index (χ2v) is 6.55. The van der Waals surface area contributed by atoms with E-state index in [-0.39, 0.29) is 18.4 Å². The second kappa shape index (κ2) is 11.0. The Balaban J connectivity index is 1.69. The minimum absolute atomic E-state index is 0.116. The molecule has 2 aromatic carbocycles. The third kappa shape index (κ3) is 6.61. The highest BCUT2D eigenvalue weighted by molar-refractivity contribution is 5.94. The molecule has 2 rings (SSSR count). The molecule has 0 spiro atoms. The van der Waals surface area contributed by atoms with Gasteiger partial charge in [0.25, 0.3) is 11.8 Å². The maximum atomic E-state index is 12.1. The van der Waals surface area contributed by atoms with Crippen molar-refractivity contribution in [1.29, 1.82) is 0 Å². The van der Waals surface area contributed by atoms with E-state index in [1.165, 1.54) is 5.56 Å². The summed E-state index contributed by atoms with van der Waals surface area (Å²) < 4.78 is 11.0. The highest BCUT2D eigenvalue weighted by atomic mass is 16.5. The van der Waals surface area contributed by atoms with Crippen LogP contribution in [0.5, 0.6) is 11.5 Å². The molecule has 0 fully saturated rings. The summed E-state index contributed by atoms with van der Waals surface area (Å²) in [5.41, 5.74) is 1.79. The van der Waals surface area contributed by atoms with Crippen molar-refractivity contribution in [3.05, 3.63) is 59.7 Å². The van der Waals surface area contributed by atoms with E-state index in [0.29, 0.717) is 42.7 Å². The molecule has 0 aliphatic heterocycles. The molecule has 0 saturated heterocycles. The number of amides is 2. The number of hydrogen-bond donors (Lipinski definition) is 2. The van der Waals surface area contributed by atoms with Gasteiger partial charge in [-0.25, -0.2) is 0 Å². The minimum atomic E-state index is -0.262. The third-order valence-electron chi connectivity index (χ3n) is 4.08. The van der Waals surface area contributed by atoms with Gasteiger partial charge in [0.15, 0.2) is 18.1 Å². The first-order valence-electron chi connectivity index (χ1n) is 9.50. The summed E-state index contributed by atoms with van der Waals surface area (Å²) >= 11 is 0. The van der Waals surface area contributed by atoms with Crippen molar-refractivity contribution in [1.82, 2.24) is 10.6 Å². The van der Waals surface area contributed by atoms with Crippen LogP contribution in [0, 0.1) is 0 Å². The second-order valence-electron chi connectivity index (χ2n) is 6.55. The van der Waals surface area contributed by atoms with Crippen LogP contribution in [0.2, 0.25) is 0 Å². The van der Waals surface area contributed by atoms with Gasteiger partial charge >= 0.3 is 0 Å². The number of para-hydroxylation sites is 2. The summed E-state index contributed by atoms with van der Waals surface area (Å²) in [7, 11) is 0. The highest BCUT2D eigenvalue weighted by Gasteiger charge is 2.08. The predicted molar refractivity (Wildman–Crippen MR) is 109 cm³/mol. The molecule has 2 N–H and O–H groups in total. The molecule has 2 amide bonds. The van der Waals surface area contributed by atoms with E-state index in [2.05, 4.69) is 24.5 Å². The zero-order valence-electron chi connectivity index (χ0n) is 16.7. The topological polar surface area (TPSA) is 76.7 Å². The van der Waals surface area contributed by atoms with Gasteiger partial charge in [-0.15, -0.1) is 0 Å². The summed E-state index contributed by atoms with van der Waals surface area (Å²) in [5, 5.41) is 5.50. The van der Waals surface area contributed by atoms with E-state index >= 15 is 0 Å². The molecule has 150 valence electrons. The maximum Gasteiger partial charge on any atom is 0.258 e. The Morgan fingerprint density at radius 3 is 2.11 bits per heavy atom. The van der Waals surface area contributed by atoms with E-state index in [4.69, 9.17) is 9.47 Å². The van der Waals surface area contributed by atoms with Gasteiger partial charge in [0, 0.05) is 18.7 Å². The van der Waals surface area contributed by atoms with Crippen molar-refractivity contribution in [2.24, 2.45) is 0 Å². The van der Waals surface area contributed by atoms with Gasteiger partial charge in [-0.1, -0.05) is 38.1 Å². The Kier molecular flexibility index (Phi) is 8.34. The lowest BCUT2D eigenvalue weighted by molar-refractivity contribution is -0.123. The number of nitrogens with one attached hydrogen (secondary N) is 2. The van der Waals surface area contributed by atoms with Gasteiger partial charge < -0.3 is 20.1 Å². The molecular formula is C22H28N2O4. The van der Waals surface area contributed by atoms with E-state index < -0.39 is 0 Å². The number of hydrogen-bond acceptors (Lipinski definition) is 4. The average Bonchev–Trinajstić information content (AvgIpc) is 2.70. The molecule has 28 heavy (non-hydrogen) atoms. The van der Waals surface area contributed by atoms with Gasteiger partial charge in [0.2, 0.25) is 0 Å². The average molecular weight is 384 g/mol. The highest BCUT2D eigenvalue weighted by Crippen LogP contribution is 2.26. The van der Waals surface area contributed by atoms with Crippen LogP contribution < -0.4 is 20.1 Å². The van der Waals surface area contributed by atoms with Crippen LogP contribution in [0.25, 0.3) is 0 Å². The zero-order chi connectivity index (χ0) is 20.4. The summed E-state index contributed by atoms with van der Waals surface area (Å²) in [6, 6.07) is 14.7. The van der Waals surface area contributed by atoms with Gasteiger partial charge in [0.1, 0.15) is 0 Å². The lowest BCUT2D eigenvalue weighted by Crippen LogP contribution is -2.36. The summed E-state index contributed by atoms with van der Waals surface area (Å²) in [4.78, 5) is 24.0. The number of benzene rings is 2. The largest absolute Gasteiger partial charge is 0.490 e. The first-order chi connectivity index (χ1) is 13.5.